The fraction of sp³-hybridized carbons (Fsp3) is 0.680. The van der Waals surface area contributed by atoms with E-state index in [2.05, 4.69) is 24.1 Å². The number of methoxy groups -OCH3 is 1. The second-order valence-corrected chi connectivity index (χ2v) is 9.70. The second kappa shape index (κ2) is 10.2. The smallest absolute Gasteiger partial charge is 0.318 e. The molecule has 2 aliphatic rings. The van der Waals surface area contributed by atoms with Crippen LogP contribution in [-0.2, 0) is 10.2 Å². The Morgan fingerprint density at radius 3 is 2.66 bits per heavy atom. The van der Waals surface area contributed by atoms with Gasteiger partial charge in [-0.05, 0) is 81.2 Å². The largest absolute Gasteiger partial charge is 0.497 e. The normalized spacial score (nSPS) is 27.0. The van der Waals surface area contributed by atoms with Crippen LogP contribution < -0.4 is 15.8 Å². The van der Waals surface area contributed by atoms with Gasteiger partial charge in [-0.1, -0.05) is 19.4 Å². The first-order valence-corrected chi connectivity index (χ1v) is 11.9. The number of amides is 3. The third-order valence-electron chi connectivity index (χ3n) is 7.49. The molecule has 1 aromatic carbocycles. The number of hydrogen-bond donors (Lipinski definition) is 3. The van der Waals surface area contributed by atoms with Crippen molar-refractivity contribution in [3.8, 4) is 5.75 Å². The Balaban J connectivity index is 2.11. The molecule has 0 radical (unpaired) electrons. The fourth-order valence-corrected chi connectivity index (χ4v) is 5.74. The minimum absolute atomic E-state index is 0.148. The maximum Gasteiger partial charge on any atom is 0.318 e. The molecule has 4 atom stereocenters. The Morgan fingerprint density at radius 2 is 2.09 bits per heavy atom. The molecule has 32 heavy (non-hydrogen) atoms. The molecule has 1 saturated heterocycles. The van der Waals surface area contributed by atoms with Crippen LogP contribution in [-0.4, -0.2) is 48.2 Å². The lowest BCUT2D eigenvalue weighted by Crippen LogP contribution is -2.57. The van der Waals surface area contributed by atoms with Crippen LogP contribution >= 0.6 is 0 Å². The number of piperidine rings is 1. The molecule has 3 amide bonds. The standard InChI is InChI=1S/C25H39N3O4/c1-5-6-21-16(2)28(15-18-7-8-18)12-11-25(21,14-23(30)27-24(26)31)22-13-19(32-4)9-10-20(22)17(3)29/h9-10,13,16-18,21,29H,5-8,11-12,14-15H2,1-4H3,(H3,26,27,30,31). The summed E-state index contributed by atoms with van der Waals surface area (Å²) in [5, 5.41) is 12.9. The topological polar surface area (TPSA) is 105 Å². The maximum absolute atomic E-state index is 12.9. The van der Waals surface area contributed by atoms with E-state index >= 15 is 0 Å². The SMILES string of the molecule is CCCC1C(C)N(CC2CC2)CCC1(CC(=O)NC(N)=O)c1cc(OC)ccc1C(C)O. The predicted molar refractivity (Wildman–Crippen MR) is 124 cm³/mol. The molecular formula is C25H39N3O4. The van der Waals surface area contributed by atoms with Crippen LogP contribution in [0.25, 0.3) is 0 Å². The summed E-state index contributed by atoms with van der Waals surface area (Å²) in [6.45, 7) is 8.17. The van der Waals surface area contributed by atoms with Crippen molar-refractivity contribution in [3.05, 3.63) is 29.3 Å². The van der Waals surface area contributed by atoms with Crippen molar-refractivity contribution in [1.82, 2.24) is 10.2 Å². The molecule has 1 saturated carbocycles. The number of rotatable bonds is 9. The predicted octanol–water partition coefficient (Wildman–Crippen LogP) is 3.49. The molecule has 1 aliphatic heterocycles. The second-order valence-electron chi connectivity index (χ2n) is 9.70. The number of primary amides is 1. The zero-order chi connectivity index (χ0) is 23.5. The van der Waals surface area contributed by atoms with Gasteiger partial charge in [-0.25, -0.2) is 4.79 Å². The Hall–Kier alpha value is -2.12. The van der Waals surface area contributed by atoms with Crippen molar-refractivity contribution in [3.63, 3.8) is 0 Å². The summed E-state index contributed by atoms with van der Waals surface area (Å²) in [5.74, 6) is 1.29. The number of carbonyl (C=O) groups excluding carboxylic acids is 2. The van der Waals surface area contributed by atoms with Crippen molar-refractivity contribution in [1.29, 1.82) is 0 Å². The third kappa shape index (κ3) is 5.26. The summed E-state index contributed by atoms with van der Waals surface area (Å²) >= 11 is 0. The van der Waals surface area contributed by atoms with Crippen molar-refractivity contribution < 1.29 is 19.4 Å². The van der Waals surface area contributed by atoms with Crippen molar-refractivity contribution in [2.24, 2.45) is 17.6 Å². The van der Waals surface area contributed by atoms with Crippen LogP contribution in [0.2, 0.25) is 0 Å². The molecule has 178 valence electrons. The summed E-state index contributed by atoms with van der Waals surface area (Å²) in [7, 11) is 1.62. The van der Waals surface area contributed by atoms with E-state index in [4.69, 9.17) is 10.5 Å². The van der Waals surface area contributed by atoms with Gasteiger partial charge >= 0.3 is 6.03 Å². The third-order valence-corrected chi connectivity index (χ3v) is 7.49. The number of nitrogens with two attached hydrogens (primary N) is 1. The summed E-state index contributed by atoms with van der Waals surface area (Å²) < 4.78 is 5.53. The highest BCUT2D eigenvalue weighted by molar-refractivity contribution is 5.94. The zero-order valence-electron chi connectivity index (χ0n) is 19.9. The van der Waals surface area contributed by atoms with Gasteiger partial charge in [-0.15, -0.1) is 0 Å². The highest BCUT2D eigenvalue weighted by Crippen LogP contribution is 2.50. The quantitative estimate of drug-likeness (QED) is 0.540. The van der Waals surface area contributed by atoms with Gasteiger partial charge in [0, 0.05) is 24.4 Å². The van der Waals surface area contributed by atoms with Crippen LogP contribution in [0.15, 0.2) is 18.2 Å². The van der Waals surface area contributed by atoms with E-state index in [0.29, 0.717) is 5.75 Å². The highest BCUT2D eigenvalue weighted by atomic mass is 16.5. The lowest BCUT2D eigenvalue weighted by atomic mass is 9.58. The van der Waals surface area contributed by atoms with Gasteiger partial charge in [0.2, 0.25) is 5.91 Å². The molecule has 7 heteroatoms. The molecule has 1 heterocycles. The van der Waals surface area contributed by atoms with E-state index in [9.17, 15) is 14.7 Å². The fourth-order valence-electron chi connectivity index (χ4n) is 5.74. The van der Waals surface area contributed by atoms with Crippen LogP contribution in [0.3, 0.4) is 0 Å². The Labute approximate surface area is 191 Å². The number of urea groups is 1. The van der Waals surface area contributed by atoms with Gasteiger partial charge in [-0.3, -0.25) is 10.1 Å². The Morgan fingerprint density at radius 1 is 1.38 bits per heavy atom. The van der Waals surface area contributed by atoms with Gasteiger partial charge < -0.3 is 20.5 Å². The van der Waals surface area contributed by atoms with Crippen LogP contribution in [0.4, 0.5) is 4.79 Å². The van der Waals surface area contributed by atoms with Crippen LogP contribution in [0, 0.1) is 11.8 Å². The molecule has 0 aromatic heterocycles. The van der Waals surface area contributed by atoms with E-state index in [-0.39, 0.29) is 24.3 Å². The van der Waals surface area contributed by atoms with Gasteiger partial charge in [0.25, 0.3) is 0 Å². The molecule has 0 spiro atoms. The van der Waals surface area contributed by atoms with Crippen LogP contribution in [0.5, 0.6) is 5.75 Å². The number of nitrogens with one attached hydrogen (secondary N) is 1. The molecule has 0 bridgehead atoms. The van der Waals surface area contributed by atoms with Crippen molar-refractivity contribution in [2.45, 2.75) is 76.9 Å². The number of likely N-dealkylation sites (tertiary alicyclic amines) is 1. The van der Waals surface area contributed by atoms with Crippen LogP contribution in [0.1, 0.15) is 76.5 Å². The minimum Gasteiger partial charge on any atom is -0.497 e. The highest BCUT2D eigenvalue weighted by Gasteiger charge is 2.50. The van der Waals surface area contributed by atoms with Crippen molar-refractivity contribution >= 4 is 11.9 Å². The number of aliphatic hydroxyl groups is 1. The number of hydrogen-bond acceptors (Lipinski definition) is 5. The lowest BCUT2D eigenvalue weighted by Gasteiger charge is -2.53. The average molecular weight is 446 g/mol. The van der Waals surface area contributed by atoms with Gasteiger partial charge in [-0.2, -0.15) is 0 Å². The Bertz CT molecular complexity index is 823. The number of aliphatic hydroxyl groups excluding tert-OH is 1. The molecule has 1 aliphatic carbocycles. The summed E-state index contributed by atoms with van der Waals surface area (Å²) in [6.07, 6.45) is 4.77. The van der Waals surface area contributed by atoms with Gasteiger partial charge in [0.1, 0.15) is 5.75 Å². The molecule has 1 aromatic rings. The van der Waals surface area contributed by atoms with Gasteiger partial charge in [0.05, 0.1) is 13.2 Å². The Kier molecular flexibility index (Phi) is 7.83. The first-order chi connectivity index (χ1) is 15.2. The summed E-state index contributed by atoms with van der Waals surface area (Å²) in [5.41, 5.74) is 6.49. The minimum atomic E-state index is -0.835. The van der Waals surface area contributed by atoms with E-state index in [1.807, 2.05) is 18.2 Å². The molecule has 4 N–H and O–H groups in total. The molecule has 4 unspecified atom stereocenters. The monoisotopic (exact) mass is 445 g/mol. The van der Waals surface area contributed by atoms with E-state index in [0.717, 1.165) is 49.4 Å². The van der Waals surface area contributed by atoms with Gasteiger partial charge in [0.15, 0.2) is 0 Å². The molecule has 2 fully saturated rings. The zero-order valence-corrected chi connectivity index (χ0v) is 19.9. The first-order valence-electron chi connectivity index (χ1n) is 11.9. The van der Waals surface area contributed by atoms with E-state index < -0.39 is 17.6 Å². The van der Waals surface area contributed by atoms with E-state index in [1.54, 1.807) is 14.0 Å². The number of ether oxygens (including phenoxy) is 1. The number of benzene rings is 1. The number of imide groups is 1. The summed E-state index contributed by atoms with van der Waals surface area (Å²) in [6, 6.07) is 5.17. The average Bonchev–Trinajstić information content (AvgIpc) is 3.55. The first kappa shape index (κ1) is 24.5. The van der Waals surface area contributed by atoms with Crippen molar-refractivity contribution in [2.75, 3.05) is 20.2 Å². The lowest BCUT2D eigenvalue weighted by molar-refractivity contribution is -0.123. The number of carbonyl (C=O) groups is 2. The maximum atomic E-state index is 12.9. The molecular weight excluding hydrogens is 406 g/mol. The molecule has 7 nitrogen and oxygen atoms in total. The van der Waals surface area contributed by atoms with E-state index in [1.165, 1.54) is 12.8 Å². The summed E-state index contributed by atoms with van der Waals surface area (Å²) in [4.78, 5) is 27.0. The molecule has 3 rings (SSSR count). The number of nitrogens with zero attached hydrogens (tertiary/aromatic N) is 1.